The van der Waals surface area contributed by atoms with Gasteiger partial charge in [-0.3, -0.25) is 0 Å². The van der Waals surface area contributed by atoms with Crippen molar-refractivity contribution >= 4 is 12.4 Å². The number of phenols is 2. The second-order valence-corrected chi connectivity index (χ2v) is 4.23. The Labute approximate surface area is 118 Å². The molecule has 0 aliphatic rings. The fourth-order valence-corrected chi connectivity index (χ4v) is 1.81. The van der Waals surface area contributed by atoms with Crippen molar-refractivity contribution in [1.82, 2.24) is 0 Å². The van der Waals surface area contributed by atoms with Gasteiger partial charge in [0.05, 0.1) is 0 Å². The third-order valence-electron chi connectivity index (χ3n) is 2.94. The van der Waals surface area contributed by atoms with Gasteiger partial charge >= 0.3 is 0 Å². The lowest BCUT2D eigenvalue weighted by atomic mass is 9.95. The van der Waals surface area contributed by atoms with E-state index in [0.717, 1.165) is 11.1 Å². The zero-order valence-corrected chi connectivity index (χ0v) is 11.0. The summed E-state index contributed by atoms with van der Waals surface area (Å²) in [5.41, 5.74) is 13.9. The maximum absolute atomic E-state index is 9.22. The Morgan fingerprint density at radius 1 is 0.632 bits per heavy atom. The van der Waals surface area contributed by atoms with Crippen LogP contribution in [0.1, 0.15) is 23.2 Å². The first-order valence-corrected chi connectivity index (χ1v) is 5.67. The molecule has 2 aromatic carbocycles. The van der Waals surface area contributed by atoms with E-state index >= 15 is 0 Å². The summed E-state index contributed by atoms with van der Waals surface area (Å²) in [6, 6.07) is 12.6. The van der Waals surface area contributed by atoms with Gasteiger partial charge < -0.3 is 21.7 Å². The first kappa shape index (κ1) is 15.3. The monoisotopic (exact) mass is 280 g/mol. The lowest BCUT2D eigenvalue weighted by Crippen LogP contribution is -2.26. The lowest BCUT2D eigenvalue weighted by molar-refractivity contribution is 0.472. The molecule has 0 saturated heterocycles. The Kier molecular flexibility index (Phi) is 5.18. The van der Waals surface area contributed by atoms with E-state index in [1.807, 2.05) is 0 Å². The third kappa shape index (κ3) is 3.61. The molecule has 0 aliphatic carbocycles. The Hall–Kier alpha value is -1.75. The maximum atomic E-state index is 9.22. The van der Waals surface area contributed by atoms with Crippen molar-refractivity contribution in [1.29, 1.82) is 0 Å². The highest BCUT2D eigenvalue weighted by Crippen LogP contribution is 2.26. The Bertz CT molecular complexity index is 464. The minimum atomic E-state index is -0.366. The van der Waals surface area contributed by atoms with E-state index < -0.39 is 0 Å². The Morgan fingerprint density at radius 2 is 0.895 bits per heavy atom. The van der Waals surface area contributed by atoms with Gasteiger partial charge in [0.25, 0.3) is 0 Å². The summed E-state index contributed by atoms with van der Waals surface area (Å²) in [6.07, 6.45) is 0. The predicted octanol–water partition coefficient (Wildman–Crippen LogP) is 2.22. The fourth-order valence-electron chi connectivity index (χ4n) is 1.81. The van der Waals surface area contributed by atoms with Gasteiger partial charge in [0.15, 0.2) is 0 Å². The molecule has 0 heterocycles. The number of hydrogen-bond acceptors (Lipinski definition) is 4. The van der Waals surface area contributed by atoms with Gasteiger partial charge in [0.1, 0.15) is 11.5 Å². The number of hydrogen-bond donors (Lipinski definition) is 4. The average molecular weight is 281 g/mol. The molecule has 2 rings (SSSR count). The molecule has 0 amide bonds. The molecule has 4 nitrogen and oxygen atoms in total. The van der Waals surface area contributed by atoms with Crippen LogP contribution in [-0.4, -0.2) is 10.2 Å². The van der Waals surface area contributed by atoms with Crippen molar-refractivity contribution in [3.05, 3.63) is 59.7 Å². The topological polar surface area (TPSA) is 92.5 Å². The van der Waals surface area contributed by atoms with Crippen LogP contribution in [0.5, 0.6) is 11.5 Å². The molecule has 0 aliphatic heterocycles. The van der Waals surface area contributed by atoms with Gasteiger partial charge in [-0.1, -0.05) is 24.3 Å². The highest BCUT2D eigenvalue weighted by molar-refractivity contribution is 5.85. The molecule has 0 fully saturated rings. The zero-order valence-electron chi connectivity index (χ0n) is 10.2. The quantitative estimate of drug-likeness (QED) is 0.694. The third-order valence-corrected chi connectivity index (χ3v) is 2.94. The van der Waals surface area contributed by atoms with Gasteiger partial charge in [-0.15, -0.1) is 12.4 Å². The average Bonchev–Trinajstić information content (AvgIpc) is 2.39. The largest absolute Gasteiger partial charge is 0.508 e. The van der Waals surface area contributed by atoms with Crippen LogP contribution in [0.4, 0.5) is 0 Å². The summed E-state index contributed by atoms with van der Waals surface area (Å²) in [7, 11) is 0. The molecule has 19 heavy (non-hydrogen) atoms. The van der Waals surface area contributed by atoms with Crippen molar-refractivity contribution in [3.8, 4) is 11.5 Å². The van der Waals surface area contributed by atoms with Gasteiger partial charge in [-0.2, -0.15) is 0 Å². The van der Waals surface area contributed by atoms with E-state index in [1.54, 1.807) is 48.5 Å². The number of benzene rings is 2. The van der Waals surface area contributed by atoms with Crippen molar-refractivity contribution in [2.45, 2.75) is 12.1 Å². The predicted molar refractivity (Wildman–Crippen MR) is 77.3 cm³/mol. The normalized spacial score (nSPS) is 13.4. The number of aromatic hydroxyl groups is 2. The van der Waals surface area contributed by atoms with Crippen LogP contribution < -0.4 is 11.5 Å². The first-order valence-electron chi connectivity index (χ1n) is 5.67. The van der Waals surface area contributed by atoms with Crippen LogP contribution in [0, 0.1) is 0 Å². The molecule has 0 aromatic heterocycles. The molecule has 2 atom stereocenters. The molecular weight excluding hydrogens is 264 g/mol. The van der Waals surface area contributed by atoms with Crippen LogP contribution in [-0.2, 0) is 0 Å². The summed E-state index contributed by atoms with van der Waals surface area (Å²) < 4.78 is 0. The van der Waals surface area contributed by atoms with E-state index in [1.165, 1.54) is 0 Å². The van der Waals surface area contributed by atoms with Gasteiger partial charge in [0, 0.05) is 12.1 Å². The van der Waals surface area contributed by atoms with Crippen molar-refractivity contribution in [3.63, 3.8) is 0 Å². The van der Waals surface area contributed by atoms with Crippen LogP contribution in [0.25, 0.3) is 0 Å². The van der Waals surface area contributed by atoms with Gasteiger partial charge in [-0.25, -0.2) is 0 Å². The fraction of sp³-hybridized carbons (Fsp3) is 0.143. The zero-order chi connectivity index (χ0) is 13.1. The number of nitrogens with two attached hydrogens (primary N) is 2. The van der Waals surface area contributed by atoms with Crippen molar-refractivity contribution in [2.24, 2.45) is 11.5 Å². The molecule has 2 aromatic rings. The van der Waals surface area contributed by atoms with Crippen LogP contribution in [0.15, 0.2) is 48.5 Å². The van der Waals surface area contributed by atoms with Gasteiger partial charge in [0.2, 0.25) is 0 Å². The van der Waals surface area contributed by atoms with E-state index in [4.69, 9.17) is 11.5 Å². The molecule has 5 heteroatoms. The van der Waals surface area contributed by atoms with Crippen molar-refractivity contribution in [2.75, 3.05) is 0 Å². The van der Waals surface area contributed by atoms with E-state index in [0.29, 0.717) is 0 Å². The smallest absolute Gasteiger partial charge is 0.115 e. The first-order chi connectivity index (χ1) is 8.58. The van der Waals surface area contributed by atoms with Crippen LogP contribution >= 0.6 is 12.4 Å². The summed E-state index contributed by atoms with van der Waals surface area (Å²) in [6.45, 7) is 0. The van der Waals surface area contributed by atoms with Crippen LogP contribution in [0.3, 0.4) is 0 Å². The summed E-state index contributed by atoms with van der Waals surface area (Å²) in [5, 5.41) is 18.4. The minimum Gasteiger partial charge on any atom is -0.508 e. The summed E-state index contributed by atoms with van der Waals surface area (Å²) in [4.78, 5) is 0. The SMILES string of the molecule is Cl.N[C@@H](c1ccc(O)cc1)[C@@H](N)c1ccc(O)cc1. The molecular formula is C14H17ClN2O2. The van der Waals surface area contributed by atoms with Gasteiger partial charge in [-0.05, 0) is 35.4 Å². The minimum absolute atomic E-state index is 0. The van der Waals surface area contributed by atoms with E-state index in [9.17, 15) is 10.2 Å². The number of phenolic OH excluding ortho intramolecular Hbond substituents is 2. The molecule has 0 unspecified atom stereocenters. The summed E-state index contributed by atoms with van der Waals surface area (Å²) in [5.74, 6) is 0.397. The molecule has 6 N–H and O–H groups in total. The highest BCUT2D eigenvalue weighted by Gasteiger charge is 2.17. The van der Waals surface area contributed by atoms with E-state index in [2.05, 4.69) is 0 Å². The lowest BCUT2D eigenvalue weighted by Gasteiger charge is -2.20. The number of rotatable bonds is 3. The van der Waals surface area contributed by atoms with Crippen molar-refractivity contribution < 1.29 is 10.2 Å². The second kappa shape index (κ2) is 6.43. The Morgan fingerprint density at radius 3 is 1.16 bits per heavy atom. The summed E-state index contributed by atoms with van der Waals surface area (Å²) >= 11 is 0. The number of halogens is 1. The molecule has 0 radical (unpaired) electrons. The van der Waals surface area contributed by atoms with E-state index in [-0.39, 0.29) is 36.0 Å². The molecule has 0 saturated carbocycles. The maximum Gasteiger partial charge on any atom is 0.115 e. The van der Waals surface area contributed by atoms with Crippen LogP contribution in [0.2, 0.25) is 0 Å². The second-order valence-electron chi connectivity index (χ2n) is 4.23. The molecule has 0 bridgehead atoms. The molecule has 0 spiro atoms. The highest BCUT2D eigenvalue weighted by atomic mass is 35.5. The Balaban J connectivity index is 0.00000180. The molecule has 102 valence electrons. The standard InChI is InChI=1S/C14H16N2O2.ClH/c15-13(9-1-5-11(17)6-2-9)14(16)10-3-7-12(18)8-4-10;/h1-8,13-14,17-18H,15-16H2;1H/t13-,14-;/m0./s1.